The van der Waals surface area contributed by atoms with E-state index < -0.39 is 0 Å². The average Bonchev–Trinajstić information content (AvgIpc) is 2.56. The molecule has 0 bridgehead atoms. The van der Waals surface area contributed by atoms with Crippen molar-refractivity contribution in [1.82, 2.24) is 4.90 Å². The summed E-state index contributed by atoms with van der Waals surface area (Å²) >= 11 is 0. The SMILES string of the molecule is CCCCCCCCCCCCCCCCCC(CC(C)O)N(C)C. The minimum atomic E-state index is -0.177. The van der Waals surface area contributed by atoms with Crippen LogP contribution in [0.25, 0.3) is 0 Å². The first-order valence-electron chi connectivity index (χ1n) is 11.4. The fraction of sp³-hybridized carbons (Fsp3) is 1.00. The van der Waals surface area contributed by atoms with E-state index in [4.69, 9.17) is 0 Å². The lowest BCUT2D eigenvalue weighted by Gasteiger charge is -2.25. The van der Waals surface area contributed by atoms with Crippen LogP contribution in [0, 0.1) is 0 Å². The molecule has 152 valence electrons. The smallest absolute Gasteiger partial charge is 0.0527 e. The summed E-state index contributed by atoms with van der Waals surface area (Å²) in [5, 5.41) is 9.57. The maximum atomic E-state index is 9.57. The fourth-order valence-electron chi connectivity index (χ4n) is 3.73. The molecule has 0 spiro atoms. The minimum absolute atomic E-state index is 0.177. The standard InChI is InChI=1S/C23H49NO/c1-5-6-7-8-9-10-11-12-13-14-15-16-17-18-19-20-23(24(3)4)21-22(2)25/h22-23,25H,5-21H2,1-4H3. The van der Waals surface area contributed by atoms with Crippen molar-refractivity contribution in [1.29, 1.82) is 0 Å². The molecule has 0 fully saturated rings. The second-order valence-corrected chi connectivity index (χ2v) is 8.44. The Morgan fingerprint density at radius 3 is 1.32 bits per heavy atom. The Kier molecular flexibility index (Phi) is 18.6. The van der Waals surface area contributed by atoms with E-state index in [9.17, 15) is 5.11 Å². The van der Waals surface area contributed by atoms with Gasteiger partial charge in [0, 0.05) is 6.04 Å². The van der Waals surface area contributed by atoms with Crippen LogP contribution in [0.2, 0.25) is 0 Å². The lowest BCUT2D eigenvalue weighted by Crippen LogP contribution is -2.31. The van der Waals surface area contributed by atoms with Crippen LogP contribution in [0.4, 0.5) is 0 Å². The lowest BCUT2D eigenvalue weighted by atomic mass is 10.0. The normalized spacial score (nSPS) is 14.2. The molecule has 2 atom stereocenters. The Bertz CT molecular complexity index is 252. The molecule has 0 aromatic rings. The van der Waals surface area contributed by atoms with Crippen LogP contribution in [0.15, 0.2) is 0 Å². The predicted octanol–water partition coefficient (Wildman–Crippen LogP) is 6.95. The molecule has 0 saturated heterocycles. The van der Waals surface area contributed by atoms with Gasteiger partial charge in [-0.1, -0.05) is 103 Å². The quantitative estimate of drug-likeness (QED) is 0.253. The van der Waals surface area contributed by atoms with Gasteiger partial charge >= 0.3 is 0 Å². The highest BCUT2D eigenvalue weighted by Crippen LogP contribution is 2.16. The van der Waals surface area contributed by atoms with E-state index in [1.807, 2.05) is 6.92 Å². The average molecular weight is 356 g/mol. The Morgan fingerprint density at radius 2 is 1.00 bits per heavy atom. The van der Waals surface area contributed by atoms with E-state index in [1.165, 1.54) is 103 Å². The summed E-state index contributed by atoms with van der Waals surface area (Å²) in [6, 6.07) is 0.543. The zero-order valence-electron chi connectivity index (χ0n) is 18.1. The van der Waals surface area contributed by atoms with Crippen molar-refractivity contribution in [2.75, 3.05) is 14.1 Å². The molecule has 2 heteroatoms. The van der Waals surface area contributed by atoms with Crippen LogP contribution in [-0.4, -0.2) is 36.2 Å². The maximum absolute atomic E-state index is 9.57. The van der Waals surface area contributed by atoms with Crippen LogP contribution in [0.1, 0.15) is 123 Å². The van der Waals surface area contributed by atoms with Crippen molar-refractivity contribution in [2.45, 2.75) is 135 Å². The number of rotatable bonds is 19. The van der Waals surface area contributed by atoms with Gasteiger partial charge in [-0.25, -0.2) is 0 Å². The zero-order valence-corrected chi connectivity index (χ0v) is 18.1. The van der Waals surface area contributed by atoms with Gasteiger partial charge in [-0.15, -0.1) is 0 Å². The summed E-state index contributed by atoms with van der Waals surface area (Å²) in [6.45, 7) is 4.20. The molecule has 0 rings (SSSR count). The molecule has 2 nitrogen and oxygen atoms in total. The van der Waals surface area contributed by atoms with Crippen molar-refractivity contribution in [3.8, 4) is 0 Å². The summed E-state index contributed by atoms with van der Waals surface area (Å²) < 4.78 is 0. The molecular weight excluding hydrogens is 306 g/mol. The van der Waals surface area contributed by atoms with Crippen molar-refractivity contribution in [3.63, 3.8) is 0 Å². The first kappa shape index (κ1) is 24.9. The molecule has 0 amide bonds. The fourth-order valence-corrected chi connectivity index (χ4v) is 3.73. The maximum Gasteiger partial charge on any atom is 0.0527 e. The number of hydrogen-bond donors (Lipinski definition) is 1. The van der Waals surface area contributed by atoms with Crippen molar-refractivity contribution < 1.29 is 5.11 Å². The van der Waals surface area contributed by atoms with Crippen molar-refractivity contribution in [3.05, 3.63) is 0 Å². The van der Waals surface area contributed by atoms with Gasteiger partial charge in [0.25, 0.3) is 0 Å². The molecule has 0 aliphatic heterocycles. The van der Waals surface area contributed by atoms with Crippen LogP contribution < -0.4 is 0 Å². The highest BCUT2D eigenvalue weighted by Gasteiger charge is 2.13. The first-order valence-corrected chi connectivity index (χ1v) is 11.4. The van der Waals surface area contributed by atoms with E-state index in [0.717, 1.165) is 6.42 Å². The minimum Gasteiger partial charge on any atom is -0.393 e. The molecular formula is C23H49NO. The lowest BCUT2D eigenvalue weighted by molar-refractivity contribution is 0.133. The molecule has 2 unspecified atom stereocenters. The van der Waals surface area contributed by atoms with Gasteiger partial charge in [0.05, 0.1) is 6.10 Å². The van der Waals surface area contributed by atoms with Crippen LogP contribution >= 0.6 is 0 Å². The third-order valence-corrected chi connectivity index (χ3v) is 5.48. The van der Waals surface area contributed by atoms with Crippen LogP contribution in [0.3, 0.4) is 0 Å². The molecule has 0 aliphatic rings. The largest absolute Gasteiger partial charge is 0.393 e. The second kappa shape index (κ2) is 18.7. The first-order chi connectivity index (χ1) is 12.1. The number of aliphatic hydroxyl groups excluding tert-OH is 1. The number of nitrogens with zero attached hydrogens (tertiary/aromatic N) is 1. The highest BCUT2D eigenvalue weighted by atomic mass is 16.3. The summed E-state index contributed by atoms with van der Waals surface area (Å²) in [5.74, 6) is 0. The molecule has 0 aliphatic carbocycles. The Labute approximate surface area is 159 Å². The van der Waals surface area contributed by atoms with Crippen molar-refractivity contribution in [2.24, 2.45) is 0 Å². The Hall–Kier alpha value is -0.0800. The second-order valence-electron chi connectivity index (χ2n) is 8.44. The van der Waals surface area contributed by atoms with E-state index in [2.05, 4.69) is 25.9 Å². The third-order valence-electron chi connectivity index (χ3n) is 5.48. The van der Waals surface area contributed by atoms with Gasteiger partial charge in [-0.05, 0) is 33.9 Å². The number of unbranched alkanes of at least 4 members (excludes halogenated alkanes) is 14. The molecule has 0 heterocycles. The summed E-state index contributed by atoms with van der Waals surface area (Å²) in [5.41, 5.74) is 0. The van der Waals surface area contributed by atoms with E-state index in [1.54, 1.807) is 0 Å². The topological polar surface area (TPSA) is 23.5 Å². The Morgan fingerprint density at radius 1 is 0.640 bits per heavy atom. The Balaban J connectivity index is 3.25. The highest BCUT2D eigenvalue weighted by molar-refractivity contribution is 4.69. The van der Waals surface area contributed by atoms with Gasteiger partial charge in [0.15, 0.2) is 0 Å². The molecule has 0 aromatic carbocycles. The molecule has 0 aromatic heterocycles. The van der Waals surface area contributed by atoms with Gasteiger partial charge in [-0.2, -0.15) is 0 Å². The summed E-state index contributed by atoms with van der Waals surface area (Å²) in [7, 11) is 4.27. The van der Waals surface area contributed by atoms with Gasteiger partial charge in [0.1, 0.15) is 0 Å². The molecule has 0 saturated carbocycles. The van der Waals surface area contributed by atoms with Gasteiger partial charge < -0.3 is 10.0 Å². The van der Waals surface area contributed by atoms with Crippen molar-refractivity contribution >= 4 is 0 Å². The van der Waals surface area contributed by atoms with Gasteiger partial charge in [0.2, 0.25) is 0 Å². The third kappa shape index (κ3) is 18.5. The van der Waals surface area contributed by atoms with Crippen LogP contribution in [0.5, 0.6) is 0 Å². The molecule has 1 N–H and O–H groups in total. The van der Waals surface area contributed by atoms with Gasteiger partial charge in [-0.3, -0.25) is 0 Å². The predicted molar refractivity (Wildman–Crippen MR) is 113 cm³/mol. The summed E-state index contributed by atoms with van der Waals surface area (Å²) in [4.78, 5) is 2.27. The number of hydrogen-bond acceptors (Lipinski definition) is 2. The number of aliphatic hydroxyl groups is 1. The summed E-state index contributed by atoms with van der Waals surface area (Å²) in [6.07, 6.45) is 23.3. The molecule has 25 heavy (non-hydrogen) atoms. The monoisotopic (exact) mass is 355 g/mol. The van der Waals surface area contributed by atoms with E-state index in [0.29, 0.717) is 6.04 Å². The van der Waals surface area contributed by atoms with Crippen LogP contribution in [-0.2, 0) is 0 Å². The zero-order chi connectivity index (χ0) is 18.8. The molecule has 0 radical (unpaired) electrons. The van der Waals surface area contributed by atoms with E-state index >= 15 is 0 Å². The van der Waals surface area contributed by atoms with E-state index in [-0.39, 0.29) is 6.10 Å².